The Bertz CT molecular complexity index is 1270. The zero-order valence-electron chi connectivity index (χ0n) is 20.6. The lowest BCUT2D eigenvalue weighted by Crippen LogP contribution is -2.27. The van der Waals surface area contributed by atoms with Crippen LogP contribution in [0.15, 0.2) is 39.6 Å². The Morgan fingerprint density at radius 1 is 1.14 bits per heavy atom. The van der Waals surface area contributed by atoms with E-state index in [1.54, 1.807) is 31.2 Å². The van der Waals surface area contributed by atoms with Gasteiger partial charge in [-0.3, -0.25) is 9.59 Å². The van der Waals surface area contributed by atoms with Gasteiger partial charge in [0.25, 0.3) is 5.56 Å². The third kappa shape index (κ3) is 5.99. The maximum absolute atomic E-state index is 12.9. The number of carbonyl (C=O) groups excluding carboxylic acids is 2. The van der Waals surface area contributed by atoms with Gasteiger partial charge < -0.3 is 14.6 Å². The smallest absolute Gasteiger partial charge is 0.338 e. The fourth-order valence-electron chi connectivity index (χ4n) is 4.69. The van der Waals surface area contributed by atoms with Crippen LogP contribution in [0.1, 0.15) is 79.2 Å². The number of aromatic nitrogens is 2. The molecule has 1 aromatic carbocycles. The van der Waals surface area contributed by atoms with Crippen LogP contribution in [0.5, 0.6) is 0 Å². The predicted octanol–water partition coefficient (Wildman–Crippen LogP) is 5.20. The number of fused-ring (bicyclic) bond motifs is 1. The van der Waals surface area contributed by atoms with Crippen LogP contribution in [0.2, 0.25) is 0 Å². The zero-order chi connectivity index (χ0) is 24.9. The van der Waals surface area contributed by atoms with Crippen LogP contribution in [0.3, 0.4) is 0 Å². The standard InChI is InChI=1S/C27H33N3O5/c1-4-5-6-19-8-11-20(12-9-19)26(32)29-23-14-21(10-7-17(23)2)27(33)34-16-22-15-25(31)30-24(28-22)13-18(3)35-30/h7,10,13-15,19-20H,4-6,8-9,11-12,16H2,1-3H3,(H,29,32). The van der Waals surface area contributed by atoms with Gasteiger partial charge in [-0.1, -0.05) is 32.3 Å². The molecule has 1 N–H and O–H groups in total. The minimum atomic E-state index is -0.553. The maximum atomic E-state index is 12.9. The number of aryl methyl sites for hydroxylation is 2. The third-order valence-electron chi connectivity index (χ3n) is 6.79. The second-order valence-electron chi connectivity index (χ2n) is 9.54. The summed E-state index contributed by atoms with van der Waals surface area (Å²) in [5.74, 6) is 0.767. The minimum absolute atomic E-state index is 0.00888. The topological polar surface area (TPSA) is 103 Å². The number of hydrogen-bond acceptors (Lipinski definition) is 6. The quantitative estimate of drug-likeness (QED) is 0.446. The molecule has 35 heavy (non-hydrogen) atoms. The second-order valence-corrected chi connectivity index (χ2v) is 9.54. The Hall–Kier alpha value is -3.42. The van der Waals surface area contributed by atoms with E-state index in [9.17, 15) is 14.4 Å². The van der Waals surface area contributed by atoms with Crippen molar-refractivity contribution < 1.29 is 18.8 Å². The van der Waals surface area contributed by atoms with Crippen molar-refractivity contribution in [2.45, 2.75) is 72.3 Å². The molecule has 0 bridgehead atoms. The van der Waals surface area contributed by atoms with Crippen LogP contribution in [-0.2, 0) is 16.1 Å². The van der Waals surface area contributed by atoms with Gasteiger partial charge in [-0.05, 0) is 63.1 Å². The number of hydrogen-bond donors (Lipinski definition) is 1. The summed E-state index contributed by atoms with van der Waals surface area (Å²) in [4.78, 5) is 42.0. The number of esters is 1. The number of nitrogens with zero attached hydrogens (tertiary/aromatic N) is 2. The van der Waals surface area contributed by atoms with Crippen LogP contribution >= 0.6 is 0 Å². The normalized spacial score (nSPS) is 17.9. The Balaban J connectivity index is 1.36. The molecule has 0 radical (unpaired) electrons. The van der Waals surface area contributed by atoms with Gasteiger partial charge in [0.05, 0.1) is 11.3 Å². The summed E-state index contributed by atoms with van der Waals surface area (Å²) >= 11 is 0. The number of anilines is 1. The molecule has 3 aromatic rings. The highest BCUT2D eigenvalue weighted by Gasteiger charge is 2.26. The van der Waals surface area contributed by atoms with Crippen molar-refractivity contribution in [1.29, 1.82) is 0 Å². The lowest BCUT2D eigenvalue weighted by molar-refractivity contribution is -0.121. The SMILES string of the molecule is CCCCC1CCC(C(=O)Nc2cc(C(=O)OCc3cc(=O)n4oc(C)cc4n3)ccc2C)CC1. The van der Waals surface area contributed by atoms with E-state index in [1.165, 1.54) is 25.3 Å². The molecule has 0 atom stereocenters. The molecule has 1 saturated carbocycles. The van der Waals surface area contributed by atoms with Gasteiger partial charge >= 0.3 is 5.97 Å². The Labute approximate surface area is 204 Å². The summed E-state index contributed by atoms with van der Waals surface area (Å²) in [5, 5.41) is 3.02. The third-order valence-corrected chi connectivity index (χ3v) is 6.79. The highest BCUT2D eigenvalue weighted by atomic mass is 16.5. The van der Waals surface area contributed by atoms with Gasteiger partial charge in [0.1, 0.15) is 12.4 Å². The number of benzene rings is 1. The van der Waals surface area contributed by atoms with Gasteiger partial charge in [0.2, 0.25) is 5.91 Å². The number of carbonyl (C=O) groups is 2. The van der Waals surface area contributed by atoms with Gasteiger partial charge in [0.15, 0.2) is 5.65 Å². The molecule has 4 rings (SSSR count). The summed E-state index contributed by atoms with van der Waals surface area (Å²) < 4.78 is 11.8. The number of unbranched alkanes of at least 4 members (excludes halogenated alkanes) is 1. The van der Waals surface area contributed by atoms with Crippen molar-refractivity contribution in [3.63, 3.8) is 0 Å². The molecule has 1 aliphatic rings. The fraction of sp³-hybridized carbons (Fsp3) is 0.481. The molecule has 2 aromatic heterocycles. The highest BCUT2D eigenvalue weighted by molar-refractivity contribution is 5.96. The average Bonchev–Trinajstić information content (AvgIpc) is 3.23. The molecule has 0 unspecified atom stereocenters. The lowest BCUT2D eigenvalue weighted by atomic mass is 9.79. The largest absolute Gasteiger partial charge is 0.456 e. The number of rotatable bonds is 8. The van der Waals surface area contributed by atoms with E-state index in [0.717, 1.165) is 41.7 Å². The van der Waals surface area contributed by atoms with E-state index in [0.29, 0.717) is 28.4 Å². The van der Waals surface area contributed by atoms with Crippen LogP contribution in [-0.4, -0.2) is 21.4 Å². The van der Waals surface area contributed by atoms with Crippen molar-refractivity contribution in [3.05, 3.63) is 63.3 Å². The first-order chi connectivity index (χ1) is 16.8. The van der Waals surface area contributed by atoms with Crippen molar-refractivity contribution in [3.8, 4) is 0 Å². The summed E-state index contributed by atoms with van der Waals surface area (Å²) in [6.45, 7) is 5.68. The molecule has 8 nitrogen and oxygen atoms in total. The first-order valence-corrected chi connectivity index (χ1v) is 12.4. The second kappa shape index (κ2) is 10.9. The molecule has 0 saturated heterocycles. The predicted molar refractivity (Wildman–Crippen MR) is 132 cm³/mol. The number of ether oxygens (including phenoxy) is 1. The average molecular weight is 480 g/mol. The van der Waals surface area contributed by atoms with Gasteiger partial charge in [0, 0.05) is 23.7 Å². The molecule has 2 heterocycles. The monoisotopic (exact) mass is 479 g/mol. The van der Waals surface area contributed by atoms with Gasteiger partial charge in [-0.15, -0.1) is 4.57 Å². The molecule has 8 heteroatoms. The van der Waals surface area contributed by atoms with Gasteiger partial charge in [-0.25, -0.2) is 9.78 Å². The molecule has 1 fully saturated rings. The lowest BCUT2D eigenvalue weighted by Gasteiger charge is -2.28. The Kier molecular flexibility index (Phi) is 7.68. The summed E-state index contributed by atoms with van der Waals surface area (Å²) in [6, 6.07) is 8.02. The molecule has 0 aliphatic heterocycles. The Morgan fingerprint density at radius 2 is 1.91 bits per heavy atom. The van der Waals surface area contributed by atoms with E-state index in [2.05, 4.69) is 17.2 Å². The first-order valence-electron chi connectivity index (χ1n) is 12.4. The van der Waals surface area contributed by atoms with Crippen LogP contribution < -0.4 is 10.9 Å². The van der Waals surface area contributed by atoms with Crippen molar-refractivity contribution in [2.75, 3.05) is 5.32 Å². The van der Waals surface area contributed by atoms with Crippen LogP contribution in [0.25, 0.3) is 5.65 Å². The summed E-state index contributed by atoms with van der Waals surface area (Å²) in [7, 11) is 0. The van der Waals surface area contributed by atoms with Crippen LogP contribution in [0, 0.1) is 25.7 Å². The molecule has 186 valence electrons. The molecule has 1 amide bonds. The van der Waals surface area contributed by atoms with E-state index in [1.807, 2.05) is 6.92 Å². The van der Waals surface area contributed by atoms with Gasteiger partial charge in [-0.2, -0.15) is 0 Å². The maximum Gasteiger partial charge on any atom is 0.338 e. The fourth-order valence-corrected chi connectivity index (χ4v) is 4.69. The zero-order valence-corrected chi connectivity index (χ0v) is 20.6. The minimum Gasteiger partial charge on any atom is -0.456 e. The number of nitrogens with one attached hydrogen (secondary N) is 1. The summed E-state index contributed by atoms with van der Waals surface area (Å²) in [6.07, 6.45) is 7.76. The molecular weight excluding hydrogens is 446 g/mol. The number of amides is 1. The van der Waals surface area contributed by atoms with Crippen molar-refractivity contribution in [2.24, 2.45) is 11.8 Å². The molecule has 1 aliphatic carbocycles. The first kappa shape index (κ1) is 24.7. The van der Waals surface area contributed by atoms with Crippen LogP contribution in [0.4, 0.5) is 5.69 Å². The van der Waals surface area contributed by atoms with E-state index < -0.39 is 5.97 Å². The van der Waals surface area contributed by atoms with Crippen molar-refractivity contribution >= 4 is 23.2 Å². The van der Waals surface area contributed by atoms with E-state index in [-0.39, 0.29) is 24.0 Å². The van der Waals surface area contributed by atoms with E-state index in [4.69, 9.17) is 9.26 Å². The van der Waals surface area contributed by atoms with E-state index >= 15 is 0 Å². The highest BCUT2D eigenvalue weighted by Crippen LogP contribution is 2.33. The summed E-state index contributed by atoms with van der Waals surface area (Å²) in [5.41, 5.74) is 2.13. The molecular formula is C27H33N3O5. The van der Waals surface area contributed by atoms with Crippen molar-refractivity contribution in [1.82, 2.24) is 9.56 Å². The Morgan fingerprint density at radius 3 is 2.66 bits per heavy atom. The molecule has 0 spiro atoms.